The molecular weight excluding hydrogens is 110 g/mol. The minimum atomic E-state index is -0.404. The standard InChI is InChI=1S/C4H8NOS/c1-2-3(7)4(5)6/h3,7H,1-2H2,(H2,5,6). The lowest BCUT2D eigenvalue weighted by molar-refractivity contribution is -0.117. The van der Waals surface area contributed by atoms with Crippen LogP contribution in [0.4, 0.5) is 0 Å². The fourth-order valence-electron chi connectivity index (χ4n) is 0.142. The van der Waals surface area contributed by atoms with Crippen LogP contribution in [0, 0.1) is 6.92 Å². The summed E-state index contributed by atoms with van der Waals surface area (Å²) in [5.41, 5.74) is 4.79. The van der Waals surface area contributed by atoms with Crippen molar-refractivity contribution >= 4 is 18.5 Å². The van der Waals surface area contributed by atoms with Crippen LogP contribution in [0.1, 0.15) is 6.42 Å². The monoisotopic (exact) mass is 118 g/mol. The zero-order valence-corrected chi connectivity index (χ0v) is 4.82. The van der Waals surface area contributed by atoms with Gasteiger partial charge in [-0.1, -0.05) is 6.92 Å². The molecule has 1 atom stereocenters. The zero-order valence-electron chi connectivity index (χ0n) is 3.92. The molecule has 0 saturated carbocycles. The van der Waals surface area contributed by atoms with E-state index in [1.54, 1.807) is 0 Å². The van der Waals surface area contributed by atoms with E-state index in [0.29, 0.717) is 6.42 Å². The lowest BCUT2D eigenvalue weighted by Crippen LogP contribution is -2.22. The molecule has 7 heavy (non-hydrogen) atoms. The molecule has 0 aliphatic heterocycles. The molecule has 41 valence electrons. The summed E-state index contributed by atoms with van der Waals surface area (Å²) in [7, 11) is 0. The molecule has 0 rings (SSSR count). The van der Waals surface area contributed by atoms with E-state index < -0.39 is 5.91 Å². The van der Waals surface area contributed by atoms with E-state index in [9.17, 15) is 4.79 Å². The molecule has 2 N–H and O–H groups in total. The summed E-state index contributed by atoms with van der Waals surface area (Å²) < 4.78 is 0. The molecule has 0 aromatic carbocycles. The lowest BCUT2D eigenvalue weighted by Gasteiger charge is -1.97. The molecule has 3 heteroatoms. The zero-order chi connectivity index (χ0) is 5.86. The molecule has 0 aromatic rings. The third-order valence-corrected chi connectivity index (χ3v) is 1.11. The van der Waals surface area contributed by atoms with Gasteiger partial charge in [0.25, 0.3) is 0 Å². The first-order valence-corrected chi connectivity index (χ1v) is 2.46. The molecule has 0 fully saturated rings. The number of thiol groups is 1. The summed E-state index contributed by atoms with van der Waals surface area (Å²) >= 11 is 3.79. The van der Waals surface area contributed by atoms with Gasteiger partial charge in [-0.3, -0.25) is 4.79 Å². The van der Waals surface area contributed by atoms with E-state index in [-0.39, 0.29) is 5.25 Å². The number of rotatable bonds is 2. The van der Waals surface area contributed by atoms with Gasteiger partial charge in [0.2, 0.25) is 5.91 Å². The minimum Gasteiger partial charge on any atom is -0.369 e. The van der Waals surface area contributed by atoms with Gasteiger partial charge in [-0.15, -0.1) is 0 Å². The topological polar surface area (TPSA) is 43.1 Å². The smallest absolute Gasteiger partial charge is 0.230 e. The van der Waals surface area contributed by atoms with Gasteiger partial charge >= 0.3 is 0 Å². The molecule has 0 aliphatic carbocycles. The quantitative estimate of drug-likeness (QED) is 0.492. The Hall–Kier alpha value is -0.180. The van der Waals surface area contributed by atoms with Crippen molar-refractivity contribution in [3.63, 3.8) is 0 Å². The van der Waals surface area contributed by atoms with Crippen LogP contribution in [-0.4, -0.2) is 11.2 Å². The Morgan fingerprint density at radius 1 is 2.00 bits per heavy atom. The highest BCUT2D eigenvalue weighted by Gasteiger charge is 2.03. The molecule has 0 heterocycles. The predicted octanol–water partition coefficient (Wildman–Crippen LogP) is -0.00571. The van der Waals surface area contributed by atoms with E-state index in [4.69, 9.17) is 5.73 Å². The summed E-state index contributed by atoms with van der Waals surface area (Å²) in [6, 6.07) is 0. The predicted molar refractivity (Wildman–Crippen MR) is 31.9 cm³/mol. The maximum absolute atomic E-state index is 10.0. The minimum absolute atomic E-state index is 0.375. The maximum Gasteiger partial charge on any atom is 0.230 e. The lowest BCUT2D eigenvalue weighted by atomic mass is 10.3. The highest BCUT2D eigenvalue weighted by atomic mass is 32.1. The summed E-state index contributed by atoms with van der Waals surface area (Å²) in [6.07, 6.45) is 0.457. The van der Waals surface area contributed by atoms with Crippen LogP contribution >= 0.6 is 12.6 Å². The summed E-state index contributed by atoms with van der Waals surface area (Å²) in [4.78, 5) is 10.0. The molecule has 1 radical (unpaired) electrons. The number of primary amides is 1. The Kier molecular flexibility index (Phi) is 2.83. The molecule has 0 saturated heterocycles. The molecule has 1 amide bonds. The van der Waals surface area contributed by atoms with Gasteiger partial charge < -0.3 is 5.73 Å². The number of hydrogen-bond donors (Lipinski definition) is 2. The van der Waals surface area contributed by atoms with Crippen molar-refractivity contribution in [3.8, 4) is 0 Å². The van der Waals surface area contributed by atoms with Crippen LogP contribution in [-0.2, 0) is 4.79 Å². The fourth-order valence-corrected chi connectivity index (χ4v) is 0.142. The number of carbonyl (C=O) groups is 1. The van der Waals surface area contributed by atoms with Crippen molar-refractivity contribution in [2.75, 3.05) is 0 Å². The second kappa shape index (κ2) is 2.91. The van der Waals surface area contributed by atoms with Crippen molar-refractivity contribution < 1.29 is 4.79 Å². The molecule has 0 aliphatic rings. The van der Waals surface area contributed by atoms with Crippen LogP contribution in [0.15, 0.2) is 0 Å². The molecular formula is C4H8NOS. The van der Waals surface area contributed by atoms with E-state index in [0.717, 1.165) is 0 Å². The highest BCUT2D eigenvalue weighted by Crippen LogP contribution is 1.95. The first-order chi connectivity index (χ1) is 3.18. The Balaban J connectivity index is 3.34. The highest BCUT2D eigenvalue weighted by molar-refractivity contribution is 7.81. The Morgan fingerprint density at radius 2 is 2.43 bits per heavy atom. The van der Waals surface area contributed by atoms with E-state index >= 15 is 0 Å². The van der Waals surface area contributed by atoms with E-state index in [2.05, 4.69) is 19.6 Å². The van der Waals surface area contributed by atoms with Gasteiger partial charge in [0.05, 0.1) is 5.25 Å². The van der Waals surface area contributed by atoms with Crippen LogP contribution in [0.25, 0.3) is 0 Å². The third kappa shape index (κ3) is 2.51. The van der Waals surface area contributed by atoms with Crippen molar-refractivity contribution in [2.45, 2.75) is 11.7 Å². The van der Waals surface area contributed by atoms with Crippen molar-refractivity contribution in [1.82, 2.24) is 0 Å². The largest absolute Gasteiger partial charge is 0.369 e. The Bertz CT molecular complexity index is 74.1. The van der Waals surface area contributed by atoms with Crippen molar-refractivity contribution in [1.29, 1.82) is 0 Å². The summed E-state index contributed by atoms with van der Waals surface area (Å²) in [5, 5.41) is -0.375. The van der Waals surface area contributed by atoms with Crippen molar-refractivity contribution in [2.24, 2.45) is 5.73 Å². The number of nitrogens with two attached hydrogens (primary N) is 1. The van der Waals surface area contributed by atoms with Crippen LogP contribution in [0.5, 0.6) is 0 Å². The second-order valence-corrected chi connectivity index (χ2v) is 1.83. The van der Waals surface area contributed by atoms with Gasteiger partial charge in [-0.25, -0.2) is 0 Å². The Labute approximate surface area is 48.5 Å². The van der Waals surface area contributed by atoms with Crippen molar-refractivity contribution in [3.05, 3.63) is 6.92 Å². The average molecular weight is 118 g/mol. The van der Waals surface area contributed by atoms with Crippen LogP contribution in [0.2, 0.25) is 0 Å². The first kappa shape index (κ1) is 6.82. The van der Waals surface area contributed by atoms with E-state index in [1.807, 2.05) is 0 Å². The summed E-state index contributed by atoms with van der Waals surface area (Å²) in [6.45, 7) is 3.43. The first-order valence-electron chi connectivity index (χ1n) is 1.95. The molecule has 1 unspecified atom stereocenters. The van der Waals surface area contributed by atoms with Gasteiger partial charge in [0.1, 0.15) is 0 Å². The average Bonchev–Trinajstić information content (AvgIpc) is 1.65. The number of hydrogen-bond acceptors (Lipinski definition) is 2. The number of carbonyl (C=O) groups excluding carboxylic acids is 1. The Morgan fingerprint density at radius 3 is 2.43 bits per heavy atom. The third-order valence-electron chi connectivity index (χ3n) is 0.602. The normalized spacial score (nSPS) is 13.4. The molecule has 0 spiro atoms. The number of amides is 1. The summed E-state index contributed by atoms with van der Waals surface area (Å²) in [5.74, 6) is -0.404. The maximum atomic E-state index is 10.0. The van der Waals surface area contributed by atoms with Gasteiger partial charge in [-0.2, -0.15) is 12.6 Å². The molecule has 0 bridgehead atoms. The van der Waals surface area contributed by atoms with E-state index in [1.165, 1.54) is 0 Å². The van der Waals surface area contributed by atoms with Gasteiger partial charge in [0, 0.05) is 0 Å². The second-order valence-electron chi connectivity index (χ2n) is 1.21. The fraction of sp³-hybridized carbons (Fsp3) is 0.500. The molecule has 0 aromatic heterocycles. The SMILES string of the molecule is [CH2]CC(S)C(N)=O. The van der Waals surface area contributed by atoms with Crippen LogP contribution < -0.4 is 5.73 Å². The van der Waals surface area contributed by atoms with Gasteiger partial charge in [-0.05, 0) is 6.42 Å². The molecule has 2 nitrogen and oxygen atoms in total. The van der Waals surface area contributed by atoms with Gasteiger partial charge in [0.15, 0.2) is 0 Å². The van der Waals surface area contributed by atoms with Crippen LogP contribution in [0.3, 0.4) is 0 Å².